The standard InChI is InChI=1S/C41H35N7O/c1-46-19-15-28(16-20-46)40-33-9-7-31(42-33)32-8-10-34(43-32)41(29-17-21-47(2)22-18-29)38-14-12-36(45-38)39(35-11-13-37(40)44-35)27-3-5-30(6-4-27)48-23-25-49-26-24-48/h3-22H,23-26H2,1-2H3,(H,44,45)/p+1. The maximum Gasteiger partial charge on any atom is 0.169 e. The summed E-state index contributed by atoms with van der Waals surface area (Å²) in [5.41, 5.74) is 13.2. The molecule has 1 fully saturated rings. The van der Waals surface area contributed by atoms with Gasteiger partial charge in [0.05, 0.1) is 41.4 Å². The van der Waals surface area contributed by atoms with E-state index < -0.39 is 0 Å². The Labute approximate surface area is 284 Å². The molecule has 1 saturated heterocycles. The molecule has 0 spiro atoms. The van der Waals surface area contributed by atoms with E-state index in [0.717, 1.165) is 105 Å². The predicted molar refractivity (Wildman–Crippen MR) is 196 cm³/mol. The summed E-state index contributed by atoms with van der Waals surface area (Å²) >= 11 is 0. The second kappa shape index (κ2) is 11.9. The summed E-state index contributed by atoms with van der Waals surface area (Å²) in [5.74, 6) is 0. The minimum absolute atomic E-state index is 0.754. The molecular formula is C41H36N7O+. The fourth-order valence-corrected chi connectivity index (χ4v) is 6.99. The van der Waals surface area contributed by atoms with Gasteiger partial charge in [0.25, 0.3) is 0 Å². The van der Waals surface area contributed by atoms with Gasteiger partial charge in [-0.2, -0.15) is 0 Å². The number of morpholine rings is 1. The van der Waals surface area contributed by atoms with E-state index in [4.69, 9.17) is 14.7 Å². The average molecular weight is 643 g/mol. The monoisotopic (exact) mass is 642 g/mol. The number of hydrogen-bond donors (Lipinski definition) is 2. The molecule has 3 aromatic heterocycles. The van der Waals surface area contributed by atoms with Crippen molar-refractivity contribution in [2.75, 3.05) is 38.3 Å². The molecule has 0 radical (unpaired) electrons. The van der Waals surface area contributed by atoms with Crippen LogP contribution in [0.3, 0.4) is 0 Å². The van der Waals surface area contributed by atoms with Crippen LogP contribution in [0, 0.1) is 0 Å². The van der Waals surface area contributed by atoms with E-state index in [1.54, 1.807) is 0 Å². The normalized spacial score (nSPS) is 18.4. The molecule has 2 N–H and O–H groups in total. The second-order valence-corrected chi connectivity index (χ2v) is 12.8. The average Bonchev–Trinajstić information content (AvgIpc) is 3.97. The van der Waals surface area contributed by atoms with Crippen molar-refractivity contribution in [1.29, 1.82) is 0 Å². The van der Waals surface area contributed by atoms with E-state index in [-0.39, 0.29) is 0 Å². The van der Waals surface area contributed by atoms with Gasteiger partial charge in [-0.1, -0.05) is 12.1 Å². The molecule has 8 heteroatoms. The number of H-pyrrole nitrogens is 2. The maximum absolute atomic E-state index is 5.60. The third-order valence-corrected chi connectivity index (χ3v) is 9.57. The largest absolute Gasteiger partial charge is 0.378 e. The molecule has 49 heavy (non-hydrogen) atoms. The number of allylic oxidation sites excluding steroid dienone is 7. The molecule has 8 nitrogen and oxygen atoms in total. The van der Waals surface area contributed by atoms with Crippen molar-refractivity contribution in [1.82, 2.24) is 14.9 Å². The summed E-state index contributed by atoms with van der Waals surface area (Å²) in [6.07, 6.45) is 21.1. The summed E-state index contributed by atoms with van der Waals surface area (Å²) in [4.78, 5) is 22.5. The predicted octanol–water partition coefficient (Wildman–Crippen LogP) is 4.53. The van der Waals surface area contributed by atoms with E-state index in [1.807, 2.05) is 23.6 Å². The summed E-state index contributed by atoms with van der Waals surface area (Å²) < 4.78 is 7.65. The lowest BCUT2D eigenvalue weighted by Crippen LogP contribution is -2.36. The molecule has 8 bridgehead atoms. The number of pyridine rings is 1. The summed E-state index contributed by atoms with van der Waals surface area (Å²) in [6, 6.07) is 21.7. The maximum atomic E-state index is 5.60. The highest BCUT2D eigenvalue weighted by atomic mass is 16.5. The van der Waals surface area contributed by atoms with Gasteiger partial charge in [-0.05, 0) is 89.6 Å². The van der Waals surface area contributed by atoms with Crippen LogP contribution in [0.1, 0.15) is 22.5 Å². The molecule has 9 rings (SSSR count). The van der Waals surface area contributed by atoms with Crippen LogP contribution in [0.25, 0.3) is 22.4 Å². The Morgan fingerprint density at radius 3 is 2.02 bits per heavy atom. The first-order chi connectivity index (χ1) is 24.1. The first kappa shape index (κ1) is 29.2. The third-order valence-electron chi connectivity index (χ3n) is 9.57. The van der Waals surface area contributed by atoms with Crippen LogP contribution < -0.4 is 20.2 Å². The molecule has 0 unspecified atom stereocenters. The highest BCUT2D eigenvalue weighted by Gasteiger charge is 2.24. The highest BCUT2D eigenvalue weighted by Crippen LogP contribution is 2.35. The van der Waals surface area contributed by atoms with E-state index in [2.05, 4.69) is 137 Å². The molecule has 5 aliphatic heterocycles. The van der Waals surface area contributed by atoms with Gasteiger partial charge in [0.1, 0.15) is 7.05 Å². The summed E-state index contributed by atoms with van der Waals surface area (Å²) in [7, 11) is 4.07. The van der Waals surface area contributed by atoms with E-state index in [0.29, 0.717) is 0 Å². The zero-order chi connectivity index (χ0) is 32.9. The van der Waals surface area contributed by atoms with Gasteiger partial charge in [0.15, 0.2) is 12.4 Å². The van der Waals surface area contributed by atoms with E-state index >= 15 is 0 Å². The third kappa shape index (κ3) is 5.36. The minimum atomic E-state index is 0.754. The molecule has 1 aromatic carbocycles. The molecule has 0 saturated carbocycles. The van der Waals surface area contributed by atoms with Gasteiger partial charge >= 0.3 is 0 Å². The van der Waals surface area contributed by atoms with Gasteiger partial charge < -0.3 is 24.5 Å². The number of hydrogen-bond acceptors (Lipinski definition) is 5. The number of fused-ring (bicyclic) bond motifs is 6. The highest BCUT2D eigenvalue weighted by molar-refractivity contribution is 6.33. The molecule has 8 heterocycles. The van der Waals surface area contributed by atoms with Crippen molar-refractivity contribution in [3.8, 4) is 0 Å². The number of ether oxygens (including phenoxy) is 1. The lowest BCUT2D eigenvalue weighted by molar-refractivity contribution is -0.671. The van der Waals surface area contributed by atoms with Gasteiger partial charge in [-0.25, -0.2) is 14.6 Å². The fourth-order valence-electron chi connectivity index (χ4n) is 6.99. The van der Waals surface area contributed by atoms with Gasteiger partial charge in [0, 0.05) is 83.8 Å². The smallest absolute Gasteiger partial charge is 0.169 e. The zero-order valence-electron chi connectivity index (χ0n) is 27.5. The van der Waals surface area contributed by atoms with Crippen molar-refractivity contribution in [2.45, 2.75) is 0 Å². The number of aryl methyl sites for hydroxylation is 1. The number of aliphatic imine (C=N–C) groups is 2. The Kier molecular flexibility index (Phi) is 7.09. The lowest BCUT2D eigenvalue weighted by Gasteiger charge is -2.29. The minimum Gasteiger partial charge on any atom is -0.378 e. The Morgan fingerprint density at radius 2 is 1.27 bits per heavy atom. The van der Waals surface area contributed by atoms with Crippen LogP contribution in [-0.2, 0) is 11.8 Å². The van der Waals surface area contributed by atoms with Gasteiger partial charge in [-0.15, -0.1) is 0 Å². The van der Waals surface area contributed by atoms with Crippen LogP contribution in [0.5, 0.6) is 0 Å². The second-order valence-electron chi connectivity index (χ2n) is 12.8. The molecule has 0 atom stereocenters. The van der Waals surface area contributed by atoms with Gasteiger partial charge in [0.2, 0.25) is 0 Å². The zero-order valence-corrected chi connectivity index (χ0v) is 27.5. The topological polar surface area (TPSA) is 75.9 Å². The molecular weight excluding hydrogens is 606 g/mol. The van der Waals surface area contributed by atoms with Gasteiger partial charge in [-0.3, -0.25) is 0 Å². The van der Waals surface area contributed by atoms with Crippen molar-refractivity contribution in [3.63, 3.8) is 0 Å². The van der Waals surface area contributed by atoms with Crippen LogP contribution in [0.4, 0.5) is 5.69 Å². The van der Waals surface area contributed by atoms with E-state index in [9.17, 15) is 0 Å². The Balaban J connectivity index is 1.30. The van der Waals surface area contributed by atoms with Crippen molar-refractivity contribution in [2.24, 2.45) is 17.0 Å². The van der Waals surface area contributed by atoms with Crippen molar-refractivity contribution >= 4 is 39.5 Å². The van der Waals surface area contributed by atoms with Crippen molar-refractivity contribution < 1.29 is 9.30 Å². The van der Waals surface area contributed by atoms with E-state index in [1.165, 1.54) is 5.69 Å². The summed E-state index contributed by atoms with van der Waals surface area (Å²) in [5, 5.41) is 1.95. The van der Waals surface area contributed by atoms with Crippen LogP contribution in [0.15, 0.2) is 143 Å². The lowest BCUT2D eigenvalue weighted by atomic mass is 9.99. The molecule has 0 aliphatic carbocycles. The Morgan fingerprint density at radius 1 is 0.633 bits per heavy atom. The van der Waals surface area contributed by atoms with Crippen LogP contribution >= 0.6 is 0 Å². The molecule has 0 amide bonds. The van der Waals surface area contributed by atoms with Crippen LogP contribution in [-0.4, -0.2) is 59.6 Å². The number of nitrogens with one attached hydrogen (secondary N) is 2. The molecule has 240 valence electrons. The SMILES string of the molecule is CN1C=CC(=C2C3=NC(=c4ccc([nH]4)=C(c4cc[n+](C)cc4)C4=NC(=C(c5ccc(N6CCOCC6)cc5)c5ccc2[nH]5)C=C4)C=C3)C=C1. The first-order valence-electron chi connectivity index (χ1n) is 16.7. The van der Waals surface area contributed by atoms with Crippen molar-refractivity contribution in [3.05, 3.63) is 166 Å². The number of benzene rings is 1. The Hall–Kier alpha value is -5.99. The number of anilines is 1. The fraction of sp³-hybridized carbons (Fsp3) is 0.146. The molecule has 4 aromatic rings. The molecule has 5 aliphatic rings. The number of rotatable bonds is 3. The number of aromatic nitrogens is 3. The Bertz CT molecular complexity index is 2350. The number of aromatic amines is 2. The number of nitrogens with zero attached hydrogens (tertiary/aromatic N) is 5. The van der Waals surface area contributed by atoms with Crippen LogP contribution in [0.2, 0.25) is 0 Å². The first-order valence-corrected chi connectivity index (χ1v) is 16.7. The summed E-state index contributed by atoms with van der Waals surface area (Å²) in [6.45, 7) is 3.30. The quantitative estimate of drug-likeness (QED) is 0.323.